The van der Waals surface area contributed by atoms with E-state index in [9.17, 15) is 18.0 Å². The molecule has 0 bridgehead atoms. The van der Waals surface area contributed by atoms with E-state index >= 15 is 4.39 Å². The predicted molar refractivity (Wildman–Crippen MR) is 165 cm³/mol. The van der Waals surface area contributed by atoms with Crippen LogP contribution in [-0.4, -0.2) is 66.8 Å². The van der Waals surface area contributed by atoms with Crippen molar-refractivity contribution in [3.05, 3.63) is 63.4 Å². The minimum absolute atomic E-state index is 0.178. The molecule has 246 valence electrons. The molecule has 11 heteroatoms. The summed E-state index contributed by atoms with van der Waals surface area (Å²) in [5, 5.41) is 7.68. The molecule has 0 spiro atoms. The fourth-order valence-corrected chi connectivity index (χ4v) is 5.86. The van der Waals surface area contributed by atoms with Crippen LogP contribution < -0.4 is 4.74 Å². The minimum Gasteiger partial charge on any atom is -0.493 e. The summed E-state index contributed by atoms with van der Waals surface area (Å²) in [4.78, 5) is 25.6. The molecule has 2 saturated heterocycles. The number of alkyl halides is 3. The number of hydrogen-bond donors (Lipinski definition) is 1. The van der Waals surface area contributed by atoms with E-state index in [0.29, 0.717) is 43.2 Å². The average molecular weight is 645 g/mol. The van der Waals surface area contributed by atoms with Gasteiger partial charge in [-0.2, -0.15) is 13.2 Å². The largest absolute Gasteiger partial charge is 0.493 e. The van der Waals surface area contributed by atoms with Gasteiger partial charge in [-0.3, -0.25) is 14.5 Å². The fraction of sp³-hybridized carbons (Fsp3) is 0.576. The van der Waals surface area contributed by atoms with Crippen LogP contribution in [-0.2, 0) is 11.3 Å². The number of aryl methyl sites for hydroxylation is 1. The third kappa shape index (κ3) is 12.3. The van der Waals surface area contributed by atoms with E-state index in [1.165, 1.54) is 17.2 Å². The molecule has 0 radical (unpaired) electrons. The van der Waals surface area contributed by atoms with Crippen molar-refractivity contribution in [1.29, 1.82) is 0 Å². The molecule has 2 aromatic carbocycles. The normalized spacial score (nSPS) is 18.3. The van der Waals surface area contributed by atoms with Gasteiger partial charge in [-0.1, -0.05) is 38.4 Å². The standard InChI is InChI=1S/C29H36ClFN2O2.C2H6.CHF3.CH2O2/c1-19-5-10-33(16-19)29(34)26-14-25(23-3-4-23)28(15-27(26)31)35-18-21-6-8-32(9-7-21)17-22-11-20(2)12-24(30)13-22;1-2;2-1(3)4;2-1-3/h11-15,19,21,23H,3-10,16-18H2,1-2H3;1-2H3;1H;1H,(H,2,3). The van der Waals surface area contributed by atoms with Gasteiger partial charge in [0.15, 0.2) is 0 Å². The summed E-state index contributed by atoms with van der Waals surface area (Å²) in [5.41, 5.74) is 3.66. The van der Waals surface area contributed by atoms with Crippen LogP contribution in [0.25, 0.3) is 0 Å². The molecule has 3 aliphatic rings. The van der Waals surface area contributed by atoms with Gasteiger partial charge >= 0.3 is 6.68 Å². The second-order valence-corrected chi connectivity index (χ2v) is 11.7. The maximum Gasteiger partial charge on any atom is 0.379 e. The van der Waals surface area contributed by atoms with E-state index in [-0.39, 0.29) is 17.9 Å². The first kappa shape index (κ1) is 37.3. The average Bonchev–Trinajstić information content (AvgIpc) is 3.72. The highest BCUT2D eigenvalue weighted by atomic mass is 35.5. The van der Waals surface area contributed by atoms with E-state index < -0.39 is 12.5 Å². The highest BCUT2D eigenvalue weighted by Gasteiger charge is 2.32. The van der Waals surface area contributed by atoms with Crippen molar-refractivity contribution in [2.75, 3.05) is 32.8 Å². The molecule has 1 amide bonds. The van der Waals surface area contributed by atoms with Crippen LogP contribution in [0.4, 0.5) is 17.6 Å². The number of hydrogen-bond acceptors (Lipinski definition) is 4. The lowest BCUT2D eigenvalue weighted by Gasteiger charge is -2.32. The van der Waals surface area contributed by atoms with Crippen LogP contribution in [0.1, 0.15) is 85.8 Å². The summed E-state index contributed by atoms with van der Waals surface area (Å²) in [6.45, 7) is 9.27. The predicted octanol–water partition coefficient (Wildman–Crippen LogP) is 8.34. The van der Waals surface area contributed by atoms with Crippen molar-refractivity contribution in [3.8, 4) is 5.75 Å². The van der Waals surface area contributed by atoms with Gasteiger partial charge in [0.2, 0.25) is 0 Å². The van der Waals surface area contributed by atoms with Crippen LogP contribution in [0.2, 0.25) is 5.02 Å². The van der Waals surface area contributed by atoms with Crippen LogP contribution in [0.5, 0.6) is 5.75 Å². The molecule has 2 aliphatic heterocycles. The minimum atomic E-state index is -3.67. The molecule has 2 aromatic rings. The number of nitrogens with zero attached hydrogens (tertiary/aromatic N) is 2. The highest BCUT2D eigenvalue weighted by molar-refractivity contribution is 6.30. The van der Waals surface area contributed by atoms with Crippen molar-refractivity contribution in [2.45, 2.75) is 78.9 Å². The summed E-state index contributed by atoms with van der Waals surface area (Å²) < 4.78 is 50.3. The second-order valence-electron chi connectivity index (χ2n) is 11.3. The molecule has 5 rings (SSSR count). The fourth-order valence-electron chi connectivity index (χ4n) is 5.54. The Kier molecular flexibility index (Phi) is 16.0. The molecule has 1 atom stereocenters. The first-order valence-corrected chi connectivity index (χ1v) is 15.6. The van der Waals surface area contributed by atoms with Gasteiger partial charge in [0.25, 0.3) is 12.4 Å². The van der Waals surface area contributed by atoms with Crippen molar-refractivity contribution in [3.63, 3.8) is 0 Å². The monoisotopic (exact) mass is 644 g/mol. The third-order valence-corrected chi connectivity index (χ3v) is 7.97. The van der Waals surface area contributed by atoms with Gasteiger partial charge in [-0.15, -0.1) is 0 Å². The number of carbonyl (C=O) groups excluding carboxylic acids is 1. The van der Waals surface area contributed by atoms with Crippen LogP contribution in [0, 0.1) is 24.6 Å². The van der Waals surface area contributed by atoms with E-state index in [4.69, 9.17) is 26.2 Å². The zero-order valence-electron chi connectivity index (χ0n) is 26.0. The molecular formula is C33H45ClF4N2O4. The SMILES string of the molecule is CC.Cc1cc(Cl)cc(CN2CCC(COc3cc(F)c(C(=O)N4CCC(C)C4)cc3C3CC3)CC2)c1.FC(F)F.O=CO. The van der Waals surface area contributed by atoms with E-state index in [1.807, 2.05) is 19.9 Å². The number of carbonyl (C=O) groups is 2. The van der Waals surface area contributed by atoms with Crippen molar-refractivity contribution < 1.29 is 37.0 Å². The third-order valence-electron chi connectivity index (χ3n) is 7.75. The Balaban J connectivity index is 0.000000672. The first-order chi connectivity index (χ1) is 21.0. The number of piperidine rings is 1. The molecule has 1 saturated carbocycles. The molecule has 44 heavy (non-hydrogen) atoms. The molecule has 1 aliphatic carbocycles. The van der Waals surface area contributed by atoms with Gasteiger partial charge in [0.05, 0.1) is 12.2 Å². The second kappa shape index (κ2) is 18.8. The topological polar surface area (TPSA) is 70.1 Å². The van der Waals surface area contributed by atoms with Crippen molar-refractivity contribution >= 4 is 24.0 Å². The maximum atomic E-state index is 15.1. The van der Waals surface area contributed by atoms with E-state index in [2.05, 4.69) is 30.9 Å². The summed E-state index contributed by atoms with van der Waals surface area (Å²) in [5.74, 6) is 1.32. The van der Waals surface area contributed by atoms with Crippen LogP contribution in [0.3, 0.4) is 0 Å². The number of rotatable bonds is 7. The molecule has 2 heterocycles. The Hall–Kier alpha value is -2.85. The molecule has 3 fully saturated rings. The van der Waals surface area contributed by atoms with Crippen molar-refractivity contribution in [1.82, 2.24) is 9.80 Å². The number of halogens is 5. The Morgan fingerprint density at radius 3 is 2.18 bits per heavy atom. The summed E-state index contributed by atoms with van der Waals surface area (Å²) in [6, 6.07) is 9.49. The number of benzene rings is 2. The summed E-state index contributed by atoms with van der Waals surface area (Å²) >= 11 is 6.22. The Morgan fingerprint density at radius 1 is 1.05 bits per heavy atom. The maximum absolute atomic E-state index is 15.1. The van der Waals surface area contributed by atoms with Gasteiger partial charge in [0, 0.05) is 30.7 Å². The van der Waals surface area contributed by atoms with Gasteiger partial charge < -0.3 is 14.7 Å². The number of amides is 1. The van der Waals surface area contributed by atoms with Crippen LogP contribution >= 0.6 is 11.6 Å². The molecule has 1 N–H and O–H groups in total. The lowest BCUT2D eigenvalue weighted by atomic mass is 9.97. The highest BCUT2D eigenvalue weighted by Crippen LogP contribution is 2.45. The first-order valence-electron chi connectivity index (χ1n) is 15.2. The zero-order valence-corrected chi connectivity index (χ0v) is 26.8. The molecular weight excluding hydrogens is 600 g/mol. The van der Waals surface area contributed by atoms with Crippen molar-refractivity contribution in [2.24, 2.45) is 11.8 Å². The van der Waals surface area contributed by atoms with Gasteiger partial charge in [-0.25, -0.2) is 4.39 Å². The molecule has 1 unspecified atom stereocenters. The van der Waals surface area contributed by atoms with E-state index in [0.717, 1.165) is 62.3 Å². The van der Waals surface area contributed by atoms with Crippen LogP contribution in [0.15, 0.2) is 30.3 Å². The molecule has 0 aromatic heterocycles. The van der Waals surface area contributed by atoms with Gasteiger partial charge in [0.1, 0.15) is 11.6 Å². The smallest absolute Gasteiger partial charge is 0.379 e. The quantitative estimate of drug-likeness (QED) is 0.242. The number of carboxylic acid groups (broad SMARTS) is 1. The number of likely N-dealkylation sites (tertiary alicyclic amines) is 2. The Morgan fingerprint density at radius 2 is 1.66 bits per heavy atom. The lowest BCUT2D eigenvalue weighted by Crippen LogP contribution is -2.35. The Bertz CT molecular complexity index is 1170. The summed E-state index contributed by atoms with van der Waals surface area (Å²) in [6.07, 6.45) is 5.27. The van der Waals surface area contributed by atoms with Gasteiger partial charge in [-0.05, 0) is 105 Å². The molecule has 6 nitrogen and oxygen atoms in total. The van der Waals surface area contributed by atoms with E-state index in [1.54, 1.807) is 11.0 Å². The summed E-state index contributed by atoms with van der Waals surface area (Å²) in [7, 11) is 0. The zero-order chi connectivity index (χ0) is 32.8. The lowest BCUT2D eigenvalue weighted by molar-refractivity contribution is -0.122. The Labute approximate surface area is 263 Å². The number of ether oxygens (including phenoxy) is 1.